The Bertz CT molecular complexity index is 492. The standard InChI is InChI=1S/C13H16N2O4/c1-14-10-6-17-5-9(10)13(16)15-8-2-3-11-12(4-8)19-7-18-11/h2-4,9-10,14H,5-7H2,1H3,(H,15,16). The number of nitrogens with one attached hydrogen (secondary N) is 2. The van der Waals surface area contributed by atoms with Crippen LogP contribution in [0.5, 0.6) is 11.5 Å². The van der Waals surface area contributed by atoms with E-state index in [0.717, 1.165) is 0 Å². The first-order chi connectivity index (χ1) is 9.28. The lowest BCUT2D eigenvalue weighted by Gasteiger charge is -2.16. The fraction of sp³-hybridized carbons (Fsp3) is 0.462. The smallest absolute Gasteiger partial charge is 0.231 e. The second-order valence-electron chi connectivity index (χ2n) is 4.60. The summed E-state index contributed by atoms with van der Waals surface area (Å²) in [7, 11) is 1.83. The van der Waals surface area contributed by atoms with E-state index >= 15 is 0 Å². The molecule has 19 heavy (non-hydrogen) atoms. The van der Waals surface area contributed by atoms with Crippen LogP contribution in [0.25, 0.3) is 0 Å². The van der Waals surface area contributed by atoms with Crippen LogP contribution in [0, 0.1) is 5.92 Å². The van der Waals surface area contributed by atoms with Crippen molar-refractivity contribution >= 4 is 11.6 Å². The highest BCUT2D eigenvalue weighted by Gasteiger charge is 2.33. The van der Waals surface area contributed by atoms with Crippen LogP contribution in [-0.4, -0.2) is 39.0 Å². The molecule has 2 aliphatic heterocycles. The molecule has 2 atom stereocenters. The number of fused-ring (bicyclic) bond motifs is 1. The van der Waals surface area contributed by atoms with E-state index in [1.807, 2.05) is 7.05 Å². The van der Waals surface area contributed by atoms with Crippen molar-refractivity contribution in [2.75, 3.05) is 32.4 Å². The van der Waals surface area contributed by atoms with Crippen LogP contribution >= 0.6 is 0 Å². The molecule has 2 heterocycles. The lowest BCUT2D eigenvalue weighted by Crippen LogP contribution is -2.39. The van der Waals surface area contributed by atoms with Crippen LogP contribution in [0.4, 0.5) is 5.69 Å². The Morgan fingerprint density at radius 3 is 2.95 bits per heavy atom. The fourth-order valence-corrected chi connectivity index (χ4v) is 2.31. The molecule has 1 aromatic carbocycles. The maximum absolute atomic E-state index is 12.2. The Labute approximate surface area is 111 Å². The molecule has 1 fully saturated rings. The van der Waals surface area contributed by atoms with E-state index in [-0.39, 0.29) is 24.7 Å². The molecule has 0 saturated carbocycles. The van der Waals surface area contributed by atoms with Gasteiger partial charge in [-0.2, -0.15) is 0 Å². The third-order valence-electron chi connectivity index (χ3n) is 3.43. The molecule has 2 aliphatic rings. The second kappa shape index (κ2) is 5.07. The van der Waals surface area contributed by atoms with Crippen molar-refractivity contribution in [3.8, 4) is 11.5 Å². The molecule has 1 saturated heterocycles. The first-order valence-electron chi connectivity index (χ1n) is 6.23. The van der Waals surface area contributed by atoms with Crippen molar-refractivity contribution < 1.29 is 19.0 Å². The third-order valence-corrected chi connectivity index (χ3v) is 3.43. The number of carbonyl (C=O) groups is 1. The monoisotopic (exact) mass is 264 g/mol. The van der Waals surface area contributed by atoms with Gasteiger partial charge in [0, 0.05) is 17.8 Å². The molecule has 102 valence electrons. The molecule has 0 spiro atoms. The molecule has 1 amide bonds. The van der Waals surface area contributed by atoms with Gasteiger partial charge in [-0.15, -0.1) is 0 Å². The highest BCUT2D eigenvalue weighted by Crippen LogP contribution is 2.34. The minimum atomic E-state index is -0.171. The largest absolute Gasteiger partial charge is 0.454 e. The predicted molar refractivity (Wildman–Crippen MR) is 68.4 cm³/mol. The van der Waals surface area contributed by atoms with E-state index in [4.69, 9.17) is 14.2 Å². The van der Waals surface area contributed by atoms with Gasteiger partial charge in [0.25, 0.3) is 0 Å². The Hall–Kier alpha value is -1.79. The van der Waals surface area contributed by atoms with E-state index in [2.05, 4.69) is 10.6 Å². The number of rotatable bonds is 3. The zero-order valence-corrected chi connectivity index (χ0v) is 10.6. The third kappa shape index (κ3) is 2.36. The van der Waals surface area contributed by atoms with Crippen LogP contribution in [0.15, 0.2) is 18.2 Å². The van der Waals surface area contributed by atoms with Crippen molar-refractivity contribution in [3.05, 3.63) is 18.2 Å². The number of amides is 1. The van der Waals surface area contributed by atoms with Gasteiger partial charge in [0.2, 0.25) is 12.7 Å². The first kappa shape index (κ1) is 12.3. The van der Waals surface area contributed by atoms with Crippen LogP contribution < -0.4 is 20.1 Å². The summed E-state index contributed by atoms with van der Waals surface area (Å²) in [5, 5.41) is 5.98. The molecule has 2 unspecified atom stereocenters. The van der Waals surface area contributed by atoms with Crippen molar-refractivity contribution in [2.24, 2.45) is 5.92 Å². The zero-order valence-electron chi connectivity index (χ0n) is 10.6. The molecule has 2 N–H and O–H groups in total. The summed E-state index contributed by atoms with van der Waals surface area (Å²) in [5.41, 5.74) is 0.705. The molecular weight excluding hydrogens is 248 g/mol. The molecular formula is C13H16N2O4. The number of hydrogen-bond donors (Lipinski definition) is 2. The maximum atomic E-state index is 12.2. The van der Waals surface area contributed by atoms with E-state index in [1.165, 1.54) is 0 Å². The van der Waals surface area contributed by atoms with Crippen LogP contribution in [0.3, 0.4) is 0 Å². The van der Waals surface area contributed by atoms with Gasteiger partial charge in [-0.1, -0.05) is 0 Å². The number of anilines is 1. The van der Waals surface area contributed by atoms with E-state index in [1.54, 1.807) is 18.2 Å². The van der Waals surface area contributed by atoms with Gasteiger partial charge < -0.3 is 24.8 Å². The summed E-state index contributed by atoms with van der Waals surface area (Å²) < 4.78 is 15.8. The lowest BCUT2D eigenvalue weighted by molar-refractivity contribution is -0.120. The molecule has 1 aromatic rings. The van der Waals surface area contributed by atoms with Crippen molar-refractivity contribution in [1.82, 2.24) is 5.32 Å². The Kier molecular flexibility index (Phi) is 3.27. The van der Waals surface area contributed by atoms with E-state index < -0.39 is 0 Å². The van der Waals surface area contributed by atoms with Crippen molar-refractivity contribution in [2.45, 2.75) is 6.04 Å². The molecule has 3 rings (SSSR count). The van der Waals surface area contributed by atoms with Gasteiger partial charge in [0.15, 0.2) is 11.5 Å². The highest BCUT2D eigenvalue weighted by molar-refractivity contribution is 5.93. The molecule has 0 aromatic heterocycles. The highest BCUT2D eigenvalue weighted by atomic mass is 16.7. The Morgan fingerprint density at radius 2 is 2.11 bits per heavy atom. The second-order valence-corrected chi connectivity index (χ2v) is 4.60. The Balaban J connectivity index is 1.69. The topological polar surface area (TPSA) is 68.8 Å². The normalized spacial score (nSPS) is 24.5. The molecule has 0 bridgehead atoms. The van der Waals surface area contributed by atoms with Gasteiger partial charge in [-0.05, 0) is 19.2 Å². The van der Waals surface area contributed by atoms with Gasteiger partial charge >= 0.3 is 0 Å². The Morgan fingerprint density at radius 1 is 1.26 bits per heavy atom. The summed E-state index contributed by atoms with van der Waals surface area (Å²) in [5.74, 6) is 1.15. The summed E-state index contributed by atoms with van der Waals surface area (Å²) in [6.45, 7) is 1.24. The maximum Gasteiger partial charge on any atom is 0.231 e. The molecule has 6 heteroatoms. The molecule has 0 aliphatic carbocycles. The van der Waals surface area contributed by atoms with Crippen LogP contribution in [0.2, 0.25) is 0 Å². The SMILES string of the molecule is CNC1COCC1C(=O)Nc1ccc2c(c1)OCO2. The number of ether oxygens (including phenoxy) is 3. The summed E-state index contributed by atoms with van der Waals surface area (Å²) in [6.07, 6.45) is 0. The van der Waals surface area contributed by atoms with Crippen molar-refractivity contribution in [3.63, 3.8) is 0 Å². The molecule has 0 radical (unpaired) electrons. The van der Waals surface area contributed by atoms with E-state index in [0.29, 0.717) is 30.4 Å². The lowest BCUT2D eigenvalue weighted by atomic mass is 10.0. The average molecular weight is 264 g/mol. The number of benzene rings is 1. The zero-order chi connectivity index (χ0) is 13.2. The number of likely N-dealkylation sites (N-methyl/N-ethyl adjacent to an activating group) is 1. The summed E-state index contributed by atoms with van der Waals surface area (Å²) in [4.78, 5) is 12.2. The van der Waals surface area contributed by atoms with Crippen molar-refractivity contribution in [1.29, 1.82) is 0 Å². The van der Waals surface area contributed by atoms with Gasteiger partial charge in [0.1, 0.15) is 0 Å². The van der Waals surface area contributed by atoms with E-state index in [9.17, 15) is 4.79 Å². The first-order valence-corrected chi connectivity index (χ1v) is 6.23. The van der Waals surface area contributed by atoms with Gasteiger partial charge in [0.05, 0.1) is 19.1 Å². The predicted octanol–water partition coefficient (Wildman–Crippen LogP) is 0.588. The van der Waals surface area contributed by atoms with Crippen LogP contribution in [0.1, 0.15) is 0 Å². The minimum Gasteiger partial charge on any atom is -0.454 e. The van der Waals surface area contributed by atoms with Crippen LogP contribution in [-0.2, 0) is 9.53 Å². The summed E-state index contributed by atoms with van der Waals surface area (Å²) in [6, 6.07) is 5.42. The average Bonchev–Trinajstić information content (AvgIpc) is 3.06. The number of carbonyl (C=O) groups excluding carboxylic acids is 1. The fourth-order valence-electron chi connectivity index (χ4n) is 2.31. The minimum absolute atomic E-state index is 0.0456. The molecule has 6 nitrogen and oxygen atoms in total. The summed E-state index contributed by atoms with van der Waals surface area (Å²) >= 11 is 0. The number of hydrogen-bond acceptors (Lipinski definition) is 5. The quantitative estimate of drug-likeness (QED) is 0.836. The van der Waals surface area contributed by atoms with Gasteiger partial charge in [-0.3, -0.25) is 4.79 Å². The van der Waals surface area contributed by atoms with Gasteiger partial charge in [-0.25, -0.2) is 0 Å².